The molecule has 0 fully saturated rings. The van der Waals surface area contributed by atoms with Crippen LogP contribution in [0.5, 0.6) is 11.5 Å². The number of rotatable bonds is 7. The minimum absolute atomic E-state index is 0.185. The maximum Gasteiger partial charge on any atom is 0.255 e. The van der Waals surface area contributed by atoms with E-state index in [9.17, 15) is 4.79 Å². The van der Waals surface area contributed by atoms with Gasteiger partial charge in [0.25, 0.3) is 5.91 Å². The summed E-state index contributed by atoms with van der Waals surface area (Å²) in [6.45, 7) is 2.83. The molecule has 0 aliphatic carbocycles. The van der Waals surface area contributed by atoms with Gasteiger partial charge in [-0.3, -0.25) is 4.79 Å². The second kappa shape index (κ2) is 9.41. The van der Waals surface area contributed by atoms with Crippen molar-refractivity contribution in [2.75, 3.05) is 11.9 Å². The number of halogens is 1. The topological polar surface area (TPSA) is 47.6 Å². The Labute approximate surface area is 172 Å². The van der Waals surface area contributed by atoms with Gasteiger partial charge in [0, 0.05) is 9.13 Å². The number of carbonyl (C=O) groups is 1. The molecule has 27 heavy (non-hydrogen) atoms. The molecule has 0 spiro atoms. The molecule has 4 nitrogen and oxygen atoms in total. The summed E-state index contributed by atoms with van der Waals surface area (Å²) < 4.78 is 12.6. The minimum atomic E-state index is -0.185. The van der Waals surface area contributed by atoms with Gasteiger partial charge in [0.15, 0.2) is 11.5 Å². The highest BCUT2D eigenvalue weighted by Gasteiger charge is 2.13. The van der Waals surface area contributed by atoms with E-state index in [4.69, 9.17) is 9.47 Å². The molecule has 0 aliphatic rings. The Kier molecular flexibility index (Phi) is 6.70. The summed E-state index contributed by atoms with van der Waals surface area (Å²) in [6.07, 6.45) is 0. The maximum absolute atomic E-state index is 12.6. The summed E-state index contributed by atoms with van der Waals surface area (Å²) in [4.78, 5) is 12.6. The van der Waals surface area contributed by atoms with Gasteiger partial charge in [-0.1, -0.05) is 42.5 Å². The number of anilines is 1. The standard InChI is InChI=1S/C22H20INO3/c1-2-26-21-14-17(22(25)24-19-11-7-6-10-18(19)23)12-13-20(21)27-15-16-8-4-3-5-9-16/h3-14H,2,15H2,1H3,(H,24,25). The van der Waals surface area contributed by atoms with E-state index in [0.29, 0.717) is 30.3 Å². The van der Waals surface area contributed by atoms with E-state index in [0.717, 1.165) is 14.8 Å². The molecule has 5 heteroatoms. The molecule has 0 bridgehead atoms. The molecule has 0 saturated carbocycles. The highest BCUT2D eigenvalue weighted by molar-refractivity contribution is 14.1. The number of hydrogen-bond acceptors (Lipinski definition) is 3. The van der Waals surface area contributed by atoms with Gasteiger partial charge in [-0.2, -0.15) is 0 Å². The van der Waals surface area contributed by atoms with Gasteiger partial charge in [-0.15, -0.1) is 0 Å². The molecule has 0 unspecified atom stereocenters. The Balaban J connectivity index is 1.76. The lowest BCUT2D eigenvalue weighted by Crippen LogP contribution is -2.13. The van der Waals surface area contributed by atoms with Crippen molar-refractivity contribution >= 4 is 34.2 Å². The smallest absolute Gasteiger partial charge is 0.255 e. The van der Waals surface area contributed by atoms with Crippen molar-refractivity contribution in [3.8, 4) is 11.5 Å². The Morgan fingerprint density at radius 1 is 0.926 bits per heavy atom. The predicted octanol–water partition coefficient (Wildman–Crippen LogP) is 5.52. The first-order valence-electron chi connectivity index (χ1n) is 8.67. The molecule has 0 aliphatic heterocycles. The number of amides is 1. The van der Waals surface area contributed by atoms with E-state index in [1.54, 1.807) is 18.2 Å². The molecule has 0 atom stereocenters. The van der Waals surface area contributed by atoms with Crippen molar-refractivity contribution in [3.63, 3.8) is 0 Å². The van der Waals surface area contributed by atoms with Crippen LogP contribution < -0.4 is 14.8 Å². The van der Waals surface area contributed by atoms with Crippen LogP contribution in [0.1, 0.15) is 22.8 Å². The van der Waals surface area contributed by atoms with Gasteiger partial charge < -0.3 is 14.8 Å². The summed E-state index contributed by atoms with van der Waals surface area (Å²) in [5.74, 6) is 0.991. The van der Waals surface area contributed by atoms with Crippen LogP contribution in [0, 0.1) is 3.57 Å². The van der Waals surface area contributed by atoms with Crippen LogP contribution in [0.2, 0.25) is 0 Å². The van der Waals surface area contributed by atoms with Crippen LogP contribution in [-0.2, 0) is 6.61 Å². The quantitative estimate of drug-likeness (QED) is 0.460. The molecule has 0 heterocycles. The average molecular weight is 473 g/mol. The largest absolute Gasteiger partial charge is 0.490 e. The SMILES string of the molecule is CCOc1cc(C(=O)Nc2ccccc2I)ccc1OCc1ccccc1. The van der Waals surface area contributed by atoms with E-state index in [-0.39, 0.29) is 5.91 Å². The zero-order chi connectivity index (χ0) is 19.1. The highest BCUT2D eigenvalue weighted by Crippen LogP contribution is 2.30. The maximum atomic E-state index is 12.6. The number of benzene rings is 3. The Bertz CT molecular complexity index is 912. The summed E-state index contributed by atoms with van der Waals surface area (Å²) in [7, 11) is 0. The zero-order valence-electron chi connectivity index (χ0n) is 14.9. The van der Waals surface area contributed by atoms with Crippen LogP contribution in [0.3, 0.4) is 0 Å². The third kappa shape index (κ3) is 5.23. The summed E-state index contributed by atoms with van der Waals surface area (Å²) >= 11 is 2.20. The fourth-order valence-corrected chi connectivity index (χ4v) is 3.05. The average Bonchev–Trinajstić information content (AvgIpc) is 2.69. The number of para-hydroxylation sites is 1. The molecule has 3 aromatic carbocycles. The molecule has 3 rings (SSSR count). The van der Waals surface area contributed by atoms with Gasteiger partial charge in [0.05, 0.1) is 12.3 Å². The van der Waals surface area contributed by atoms with Gasteiger partial charge in [0.1, 0.15) is 6.61 Å². The summed E-state index contributed by atoms with van der Waals surface area (Å²) in [5.41, 5.74) is 2.37. The van der Waals surface area contributed by atoms with E-state index in [2.05, 4.69) is 27.9 Å². The Morgan fingerprint density at radius 3 is 2.41 bits per heavy atom. The number of nitrogens with one attached hydrogen (secondary N) is 1. The van der Waals surface area contributed by atoms with Crippen molar-refractivity contribution in [1.82, 2.24) is 0 Å². The molecule has 0 radical (unpaired) electrons. The third-order valence-electron chi connectivity index (χ3n) is 3.86. The van der Waals surface area contributed by atoms with Crippen LogP contribution in [0.4, 0.5) is 5.69 Å². The summed E-state index contributed by atoms with van der Waals surface area (Å²) in [5, 5.41) is 2.93. The third-order valence-corrected chi connectivity index (χ3v) is 4.81. The lowest BCUT2D eigenvalue weighted by Gasteiger charge is -2.14. The minimum Gasteiger partial charge on any atom is -0.490 e. The second-order valence-electron chi connectivity index (χ2n) is 5.80. The molecule has 0 saturated heterocycles. The monoisotopic (exact) mass is 473 g/mol. The molecular weight excluding hydrogens is 453 g/mol. The van der Waals surface area contributed by atoms with E-state index in [1.165, 1.54) is 0 Å². The van der Waals surface area contributed by atoms with Crippen molar-refractivity contribution < 1.29 is 14.3 Å². The normalized spacial score (nSPS) is 10.3. The first-order chi connectivity index (χ1) is 13.2. The lowest BCUT2D eigenvalue weighted by molar-refractivity contribution is 0.102. The Morgan fingerprint density at radius 2 is 1.67 bits per heavy atom. The zero-order valence-corrected chi connectivity index (χ0v) is 17.1. The van der Waals surface area contributed by atoms with Crippen LogP contribution in [0.15, 0.2) is 72.8 Å². The van der Waals surface area contributed by atoms with Gasteiger partial charge in [-0.25, -0.2) is 0 Å². The van der Waals surface area contributed by atoms with Crippen LogP contribution >= 0.6 is 22.6 Å². The van der Waals surface area contributed by atoms with E-state index < -0.39 is 0 Å². The molecule has 0 aromatic heterocycles. The van der Waals surface area contributed by atoms with Gasteiger partial charge in [-0.05, 0) is 65.4 Å². The second-order valence-corrected chi connectivity index (χ2v) is 6.96. The fourth-order valence-electron chi connectivity index (χ4n) is 2.53. The van der Waals surface area contributed by atoms with Crippen LogP contribution in [-0.4, -0.2) is 12.5 Å². The van der Waals surface area contributed by atoms with Gasteiger partial charge in [0.2, 0.25) is 0 Å². The first kappa shape index (κ1) is 19.2. The molecule has 138 valence electrons. The molecule has 3 aromatic rings. The van der Waals surface area contributed by atoms with Crippen LogP contribution in [0.25, 0.3) is 0 Å². The molecule has 1 N–H and O–H groups in total. The van der Waals surface area contributed by atoms with E-state index in [1.807, 2.05) is 61.5 Å². The lowest BCUT2D eigenvalue weighted by atomic mass is 10.1. The fraction of sp³-hybridized carbons (Fsp3) is 0.136. The highest BCUT2D eigenvalue weighted by atomic mass is 127. The van der Waals surface area contributed by atoms with Crippen molar-refractivity contribution in [2.24, 2.45) is 0 Å². The predicted molar refractivity (Wildman–Crippen MR) is 115 cm³/mol. The van der Waals surface area contributed by atoms with Crippen molar-refractivity contribution in [1.29, 1.82) is 0 Å². The number of carbonyl (C=O) groups excluding carboxylic acids is 1. The molecule has 1 amide bonds. The summed E-state index contributed by atoms with van der Waals surface area (Å²) in [6, 6.07) is 22.8. The van der Waals surface area contributed by atoms with E-state index >= 15 is 0 Å². The Hall–Kier alpha value is -2.54. The molecular formula is C22H20INO3. The van der Waals surface area contributed by atoms with Crippen molar-refractivity contribution in [3.05, 3.63) is 87.5 Å². The van der Waals surface area contributed by atoms with Crippen molar-refractivity contribution in [2.45, 2.75) is 13.5 Å². The van der Waals surface area contributed by atoms with Gasteiger partial charge >= 0.3 is 0 Å². The first-order valence-corrected chi connectivity index (χ1v) is 9.74. The number of ether oxygens (including phenoxy) is 2. The number of hydrogen-bond donors (Lipinski definition) is 1.